The van der Waals surface area contributed by atoms with Crippen LogP contribution in [-0.2, 0) is 20.1 Å². The highest BCUT2D eigenvalue weighted by Crippen LogP contribution is 2.22. The smallest absolute Gasteiger partial charge is 0.191 e. The van der Waals surface area contributed by atoms with E-state index in [1.807, 2.05) is 52.1 Å². The lowest BCUT2D eigenvalue weighted by Gasteiger charge is -2.23. The Morgan fingerprint density at radius 3 is 2.48 bits per heavy atom. The van der Waals surface area contributed by atoms with Gasteiger partial charge in [-0.15, -0.1) is 24.0 Å². The van der Waals surface area contributed by atoms with Gasteiger partial charge in [0, 0.05) is 26.2 Å². The summed E-state index contributed by atoms with van der Waals surface area (Å²) < 4.78 is 7.74. The number of nitrogens with zero attached hydrogens (tertiary/aromatic N) is 4. The van der Waals surface area contributed by atoms with Crippen LogP contribution in [0.5, 0.6) is 5.75 Å². The minimum absolute atomic E-state index is 0. The molecule has 0 saturated heterocycles. The maximum atomic E-state index is 6.01. The summed E-state index contributed by atoms with van der Waals surface area (Å²) in [5, 5.41) is 10.6. The fraction of sp³-hybridized carbons (Fsp3) is 0.471. The van der Waals surface area contributed by atoms with Crippen molar-refractivity contribution in [1.29, 1.82) is 0 Å². The number of halogens is 1. The number of guanidine groups is 1. The van der Waals surface area contributed by atoms with Crippen molar-refractivity contribution in [3.63, 3.8) is 0 Å². The van der Waals surface area contributed by atoms with Crippen molar-refractivity contribution in [3.05, 3.63) is 42.0 Å². The normalized spacial score (nSPS) is 11.6. The molecule has 0 amide bonds. The van der Waals surface area contributed by atoms with Crippen LogP contribution in [0.15, 0.2) is 35.6 Å². The van der Waals surface area contributed by atoms with Crippen molar-refractivity contribution in [2.75, 3.05) is 7.05 Å². The van der Waals surface area contributed by atoms with E-state index < -0.39 is 0 Å². The number of ether oxygens (including phenoxy) is 1. The van der Waals surface area contributed by atoms with E-state index >= 15 is 0 Å². The van der Waals surface area contributed by atoms with Gasteiger partial charge in [0.1, 0.15) is 23.5 Å². The fourth-order valence-electron chi connectivity index (χ4n) is 2.12. The second-order valence-corrected chi connectivity index (χ2v) is 6.40. The summed E-state index contributed by atoms with van der Waals surface area (Å²) in [7, 11) is 3.60. The lowest BCUT2D eigenvalue weighted by atomic mass is 10.1. The number of para-hydroxylation sites is 1. The first kappa shape index (κ1) is 21.2. The Kier molecular flexibility index (Phi) is 8.14. The van der Waals surface area contributed by atoms with Crippen LogP contribution in [0.3, 0.4) is 0 Å². The first-order valence-corrected chi connectivity index (χ1v) is 7.93. The van der Waals surface area contributed by atoms with Crippen molar-refractivity contribution < 1.29 is 4.74 Å². The number of rotatable bonds is 5. The molecule has 0 spiro atoms. The third kappa shape index (κ3) is 6.89. The van der Waals surface area contributed by atoms with Crippen LogP contribution in [-0.4, -0.2) is 33.4 Å². The van der Waals surface area contributed by atoms with Gasteiger partial charge in [0.2, 0.25) is 0 Å². The summed E-state index contributed by atoms with van der Waals surface area (Å²) in [6, 6.07) is 8.01. The third-order valence-corrected chi connectivity index (χ3v) is 3.28. The van der Waals surface area contributed by atoms with Crippen LogP contribution in [0.2, 0.25) is 0 Å². The minimum atomic E-state index is -0.235. The summed E-state index contributed by atoms with van der Waals surface area (Å²) in [5.41, 5.74) is 0.843. The Balaban J connectivity index is 0.00000312. The zero-order chi connectivity index (χ0) is 17.6. The molecule has 0 radical (unpaired) electrons. The lowest BCUT2D eigenvalue weighted by molar-refractivity contribution is 0.129. The zero-order valence-electron chi connectivity index (χ0n) is 15.4. The van der Waals surface area contributed by atoms with E-state index in [0.29, 0.717) is 19.0 Å². The van der Waals surface area contributed by atoms with E-state index in [4.69, 9.17) is 4.74 Å². The van der Waals surface area contributed by atoms with E-state index in [1.165, 1.54) is 6.33 Å². The average molecular weight is 458 g/mol. The number of aromatic nitrogens is 3. The van der Waals surface area contributed by atoms with Crippen molar-refractivity contribution in [2.24, 2.45) is 12.0 Å². The Bertz CT molecular complexity index is 692. The highest BCUT2D eigenvalue weighted by molar-refractivity contribution is 14.0. The molecule has 8 heteroatoms. The van der Waals surface area contributed by atoms with Gasteiger partial charge >= 0.3 is 0 Å². The van der Waals surface area contributed by atoms with Crippen molar-refractivity contribution in [3.8, 4) is 5.75 Å². The lowest BCUT2D eigenvalue weighted by Crippen LogP contribution is -2.37. The summed E-state index contributed by atoms with van der Waals surface area (Å²) in [6.07, 6.45) is 1.54. The largest absolute Gasteiger partial charge is 0.488 e. The maximum Gasteiger partial charge on any atom is 0.191 e. The Morgan fingerprint density at radius 1 is 1.20 bits per heavy atom. The van der Waals surface area contributed by atoms with E-state index in [2.05, 4.69) is 25.7 Å². The molecule has 1 heterocycles. The van der Waals surface area contributed by atoms with Crippen LogP contribution in [0.4, 0.5) is 0 Å². The van der Waals surface area contributed by atoms with Gasteiger partial charge in [-0.1, -0.05) is 18.2 Å². The molecule has 0 saturated carbocycles. The van der Waals surface area contributed by atoms with Gasteiger partial charge in [-0.3, -0.25) is 9.67 Å². The Labute approximate surface area is 166 Å². The van der Waals surface area contributed by atoms with Gasteiger partial charge < -0.3 is 15.4 Å². The summed E-state index contributed by atoms with van der Waals surface area (Å²) in [6.45, 7) is 7.29. The summed E-state index contributed by atoms with van der Waals surface area (Å²) in [4.78, 5) is 8.41. The SMILES string of the molecule is CN=C(NCc1ccccc1OC(C)(C)C)NCc1ncnn1C.I. The van der Waals surface area contributed by atoms with Crippen molar-refractivity contribution in [2.45, 2.75) is 39.5 Å². The summed E-state index contributed by atoms with van der Waals surface area (Å²) in [5.74, 6) is 2.42. The Morgan fingerprint density at radius 2 is 1.88 bits per heavy atom. The average Bonchev–Trinajstić information content (AvgIpc) is 2.93. The molecule has 2 N–H and O–H groups in total. The molecule has 25 heavy (non-hydrogen) atoms. The van der Waals surface area contributed by atoms with Crippen LogP contribution >= 0.6 is 24.0 Å². The molecule has 138 valence electrons. The number of benzene rings is 1. The second kappa shape index (κ2) is 9.59. The first-order valence-electron chi connectivity index (χ1n) is 7.93. The topological polar surface area (TPSA) is 76.4 Å². The second-order valence-electron chi connectivity index (χ2n) is 6.40. The molecule has 7 nitrogen and oxygen atoms in total. The quantitative estimate of drug-likeness (QED) is 0.409. The first-order chi connectivity index (χ1) is 11.4. The molecule has 1 aromatic heterocycles. The molecule has 0 atom stereocenters. The Hall–Kier alpha value is -1.84. The number of hydrogen-bond donors (Lipinski definition) is 2. The molecule has 0 unspecified atom stereocenters. The number of nitrogens with one attached hydrogen (secondary N) is 2. The minimum Gasteiger partial charge on any atom is -0.488 e. The van der Waals surface area contributed by atoms with Crippen LogP contribution in [0.1, 0.15) is 32.2 Å². The van der Waals surface area contributed by atoms with Crippen LogP contribution in [0.25, 0.3) is 0 Å². The molecule has 1 aromatic carbocycles. The number of aryl methyl sites for hydroxylation is 1. The molecule has 0 bridgehead atoms. The third-order valence-electron chi connectivity index (χ3n) is 3.28. The molecule has 0 fully saturated rings. The van der Waals surface area contributed by atoms with Gasteiger partial charge in [-0.2, -0.15) is 5.10 Å². The summed E-state index contributed by atoms with van der Waals surface area (Å²) >= 11 is 0. The molecular formula is C17H27IN6O. The number of hydrogen-bond acceptors (Lipinski definition) is 4. The van der Waals surface area contributed by atoms with Crippen molar-refractivity contribution >= 4 is 29.9 Å². The van der Waals surface area contributed by atoms with E-state index in [-0.39, 0.29) is 29.6 Å². The monoisotopic (exact) mass is 458 g/mol. The highest BCUT2D eigenvalue weighted by Gasteiger charge is 2.14. The standard InChI is InChI=1S/C17H26N6O.HI/c1-17(2,3)24-14-9-7-6-8-13(14)10-19-16(18-4)20-11-15-21-12-22-23(15)5;/h6-9,12H,10-11H2,1-5H3,(H2,18,19,20);1H. The molecule has 2 aromatic rings. The highest BCUT2D eigenvalue weighted by atomic mass is 127. The number of aliphatic imine (C=N–C) groups is 1. The predicted molar refractivity (Wildman–Crippen MR) is 110 cm³/mol. The van der Waals surface area contributed by atoms with Gasteiger partial charge in [0.15, 0.2) is 5.96 Å². The molecular weight excluding hydrogens is 431 g/mol. The molecule has 2 rings (SSSR count). The van der Waals surface area contributed by atoms with Gasteiger partial charge in [-0.25, -0.2) is 4.98 Å². The van der Waals surface area contributed by atoms with Gasteiger partial charge in [0.05, 0.1) is 6.54 Å². The molecule has 0 aliphatic carbocycles. The predicted octanol–water partition coefficient (Wildman–Crippen LogP) is 2.48. The van der Waals surface area contributed by atoms with Gasteiger partial charge in [-0.05, 0) is 26.8 Å². The molecule has 0 aliphatic heterocycles. The zero-order valence-corrected chi connectivity index (χ0v) is 17.7. The van der Waals surface area contributed by atoms with Crippen LogP contribution in [0, 0.1) is 0 Å². The van der Waals surface area contributed by atoms with E-state index in [1.54, 1.807) is 11.7 Å². The van der Waals surface area contributed by atoms with Gasteiger partial charge in [0.25, 0.3) is 0 Å². The maximum absolute atomic E-state index is 6.01. The van der Waals surface area contributed by atoms with Crippen molar-refractivity contribution in [1.82, 2.24) is 25.4 Å². The van der Waals surface area contributed by atoms with E-state index in [9.17, 15) is 0 Å². The van der Waals surface area contributed by atoms with E-state index in [0.717, 1.165) is 17.1 Å². The molecule has 0 aliphatic rings. The van der Waals surface area contributed by atoms with Crippen LogP contribution < -0.4 is 15.4 Å². The fourth-order valence-corrected chi connectivity index (χ4v) is 2.12.